The van der Waals surface area contributed by atoms with Gasteiger partial charge < -0.3 is 14.2 Å². The number of aryl methyl sites for hydroxylation is 1. The number of nitrogens with zero attached hydrogens (tertiary/aromatic N) is 4. The molecule has 0 saturated heterocycles. The molecule has 1 N–H and O–H groups in total. The third-order valence-electron chi connectivity index (χ3n) is 6.85. The first-order chi connectivity index (χ1) is 20.0. The number of thiazole rings is 1. The second-order valence-corrected chi connectivity index (χ2v) is 12.4. The standard InChI is InChI=1S/C32H27ClN4O4S/c1-18-16-22-28(26(19-7-9-21(33)10-8-19)25(18)27(31(39)40)41-32(2,3)4)42-29(35-22)20-11-12-34-24(17-20)37-15-14-36-13-5-6-23(36)30(37)38/h5-17,27H,1-4H3,(H,39,40). The quantitative estimate of drug-likeness (QED) is 0.215. The third kappa shape index (κ3) is 5.11. The minimum atomic E-state index is -1.20. The van der Waals surface area contributed by atoms with Gasteiger partial charge in [0.2, 0.25) is 0 Å². The number of carbonyl (C=O) groups is 1. The van der Waals surface area contributed by atoms with Crippen LogP contribution in [0.2, 0.25) is 5.02 Å². The van der Waals surface area contributed by atoms with Crippen molar-refractivity contribution < 1.29 is 14.6 Å². The Kier molecular flexibility index (Phi) is 6.97. The van der Waals surface area contributed by atoms with Crippen LogP contribution in [0.4, 0.5) is 0 Å². The topological polar surface area (TPSA) is 98.7 Å². The summed E-state index contributed by atoms with van der Waals surface area (Å²) in [6, 6.07) is 16.5. The fourth-order valence-electron chi connectivity index (χ4n) is 5.06. The van der Waals surface area contributed by atoms with Crippen LogP contribution in [0, 0.1) is 6.92 Å². The maximum atomic E-state index is 13.1. The molecule has 6 rings (SSSR count). The van der Waals surface area contributed by atoms with Gasteiger partial charge in [0.25, 0.3) is 5.56 Å². The predicted molar refractivity (Wildman–Crippen MR) is 166 cm³/mol. The summed E-state index contributed by atoms with van der Waals surface area (Å²) in [4.78, 5) is 35.1. The maximum absolute atomic E-state index is 13.1. The highest BCUT2D eigenvalue weighted by atomic mass is 35.5. The number of aliphatic carboxylic acids is 1. The third-order valence-corrected chi connectivity index (χ3v) is 8.24. The molecular weight excluding hydrogens is 572 g/mol. The van der Waals surface area contributed by atoms with Gasteiger partial charge in [-0.1, -0.05) is 23.7 Å². The van der Waals surface area contributed by atoms with Crippen LogP contribution in [0.5, 0.6) is 0 Å². The minimum Gasteiger partial charge on any atom is -0.479 e. The van der Waals surface area contributed by atoms with E-state index in [1.54, 1.807) is 35.0 Å². The Morgan fingerprint density at radius 2 is 1.81 bits per heavy atom. The molecule has 4 aromatic heterocycles. The van der Waals surface area contributed by atoms with Crippen LogP contribution in [0.3, 0.4) is 0 Å². The summed E-state index contributed by atoms with van der Waals surface area (Å²) in [7, 11) is 0. The van der Waals surface area contributed by atoms with E-state index in [4.69, 9.17) is 21.3 Å². The van der Waals surface area contributed by atoms with Crippen molar-refractivity contribution in [3.63, 3.8) is 0 Å². The van der Waals surface area contributed by atoms with Gasteiger partial charge in [-0.2, -0.15) is 0 Å². The Hall–Kier alpha value is -4.31. The summed E-state index contributed by atoms with van der Waals surface area (Å²) in [5, 5.41) is 11.6. The molecule has 0 saturated carbocycles. The van der Waals surface area contributed by atoms with Crippen molar-refractivity contribution in [3.8, 4) is 27.5 Å². The van der Waals surface area contributed by atoms with Crippen LogP contribution >= 0.6 is 22.9 Å². The molecule has 0 fully saturated rings. The van der Waals surface area contributed by atoms with Gasteiger partial charge in [-0.25, -0.2) is 14.8 Å². The summed E-state index contributed by atoms with van der Waals surface area (Å²) in [5.74, 6) is -0.601. The molecule has 1 atom stereocenters. The van der Waals surface area contributed by atoms with E-state index in [-0.39, 0.29) is 5.56 Å². The van der Waals surface area contributed by atoms with E-state index < -0.39 is 17.7 Å². The first-order valence-corrected chi connectivity index (χ1v) is 14.5. The van der Waals surface area contributed by atoms with Crippen molar-refractivity contribution in [1.29, 1.82) is 0 Å². The molecule has 1 unspecified atom stereocenters. The van der Waals surface area contributed by atoms with Crippen LogP contribution < -0.4 is 5.56 Å². The van der Waals surface area contributed by atoms with E-state index >= 15 is 0 Å². The number of halogens is 1. The average Bonchev–Trinajstić information content (AvgIpc) is 3.59. The molecule has 8 nitrogen and oxygen atoms in total. The molecule has 0 spiro atoms. The molecular formula is C32H27ClN4O4S. The Bertz CT molecular complexity index is 2040. The smallest absolute Gasteiger partial charge is 0.337 e. The molecule has 2 aromatic carbocycles. The highest BCUT2D eigenvalue weighted by Crippen LogP contribution is 2.44. The van der Waals surface area contributed by atoms with Crippen LogP contribution in [0.15, 0.2) is 84.2 Å². The number of carboxylic acids is 1. The van der Waals surface area contributed by atoms with Gasteiger partial charge in [0.15, 0.2) is 6.10 Å². The first-order valence-electron chi connectivity index (χ1n) is 13.3. The van der Waals surface area contributed by atoms with E-state index in [0.29, 0.717) is 26.9 Å². The molecule has 0 bridgehead atoms. The van der Waals surface area contributed by atoms with Gasteiger partial charge in [-0.05, 0) is 81.3 Å². The van der Waals surface area contributed by atoms with Crippen LogP contribution in [0.25, 0.3) is 43.2 Å². The zero-order chi connectivity index (χ0) is 29.8. The molecule has 42 heavy (non-hydrogen) atoms. The molecule has 0 radical (unpaired) electrons. The number of carboxylic acid groups (broad SMARTS) is 1. The number of ether oxygens (including phenoxy) is 1. The highest BCUT2D eigenvalue weighted by Gasteiger charge is 2.32. The van der Waals surface area contributed by atoms with Crippen molar-refractivity contribution in [2.75, 3.05) is 0 Å². The van der Waals surface area contributed by atoms with Crippen LogP contribution in [0.1, 0.15) is 38.0 Å². The Morgan fingerprint density at radius 3 is 2.52 bits per heavy atom. The number of hydrogen-bond acceptors (Lipinski definition) is 6. The first kappa shape index (κ1) is 27.8. The van der Waals surface area contributed by atoms with Gasteiger partial charge in [-0.3, -0.25) is 9.36 Å². The normalized spacial score (nSPS) is 12.7. The van der Waals surface area contributed by atoms with Gasteiger partial charge in [0, 0.05) is 46.5 Å². The molecule has 0 aliphatic rings. The van der Waals surface area contributed by atoms with E-state index in [2.05, 4.69) is 4.98 Å². The number of rotatable bonds is 6. The summed E-state index contributed by atoms with van der Waals surface area (Å²) in [6.07, 6.45) is 5.77. The molecule has 0 amide bonds. The fraction of sp³-hybridized carbons (Fsp3) is 0.188. The molecule has 212 valence electrons. The number of aromatic nitrogens is 4. The van der Waals surface area contributed by atoms with Gasteiger partial charge in [0.05, 0.1) is 15.8 Å². The Labute approximate surface area is 250 Å². The summed E-state index contributed by atoms with van der Waals surface area (Å²) in [6.45, 7) is 7.39. The Morgan fingerprint density at radius 1 is 1.05 bits per heavy atom. The van der Waals surface area contributed by atoms with Crippen molar-refractivity contribution in [2.45, 2.75) is 39.4 Å². The van der Waals surface area contributed by atoms with E-state index in [1.165, 1.54) is 15.9 Å². The van der Waals surface area contributed by atoms with Crippen LogP contribution in [-0.4, -0.2) is 35.6 Å². The van der Waals surface area contributed by atoms with Crippen molar-refractivity contribution in [3.05, 3.63) is 106 Å². The van der Waals surface area contributed by atoms with Crippen LogP contribution in [-0.2, 0) is 9.53 Å². The lowest BCUT2D eigenvalue weighted by Gasteiger charge is -2.28. The predicted octanol–water partition coefficient (Wildman–Crippen LogP) is 7.33. The lowest BCUT2D eigenvalue weighted by Crippen LogP contribution is -2.28. The monoisotopic (exact) mass is 598 g/mol. The summed E-state index contributed by atoms with van der Waals surface area (Å²) < 4.78 is 10.2. The largest absolute Gasteiger partial charge is 0.479 e. The van der Waals surface area contributed by atoms with E-state index in [1.807, 2.05) is 76.5 Å². The molecule has 0 aliphatic heterocycles. The van der Waals surface area contributed by atoms with Crippen molar-refractivity contribution in [1.82, 2.24) is 18.9 Å². The second-order valence-electron chi connectivity index (χ2n) is 11.0. The maximum Gasteiger partial charge on any atom is 0.337 e. The number of fused-ring (bicyclic) bond motifs is 2. The molecule has 10 heteroatoms. The lowest BCUT2D eigenvalue weighted by molar-refractivity contribution is -0.160. The number of pyridine rings is 1. The second kappa shape index (κ2) is 10.5. The summed E-state index contributed by atoms with van der Waals surface area (Å²) in [5.41, 5.74) is 4.06. The fourth-order valence-corrected chi connectivity index (χ4v) is 6.31. The lowest BCUT2D eigenvalue weighted by atomic mass is 9.91. The minimum absolute atomic E-state index is 0.180. The Balaban J connectivity index is 1.55. The SMILES string of the molecule is Cc1cc2nc(-c3ccnc(-n4ccn5cccc5c4=O)c3)sc2c(-c2ccc(Cl)cc2)c1C(OC(C)(C)C)C(=O)O. The van der Waals surface area contributed by atoms with E-state index in [9.17, 15) is 14.7 Å². The highest BCUT2D eigenvalue weighted by molar-refractivity contribution is 7.22. The van der Waals surface area contributed by atoms with Gasteiger partial charge in [-0.15, -0.1) is 11.3 Å². The average molecular weight is 599 g/mol. The summed E-state index contributed by atoms with van der Waals surface area (Å²) >= 11 is 7.66. The number of hydrogen-bond donors (Lipinski definition) is 1. The number of benzene rings is 2. The zero-order valence-electron chi connectivity index (χ0n) is 23.3. The zero-order valence-corrected chi connectivity index (χ0v) is 24.9. The van der Waals surface area contributed by atoms with Gasteiger partial charge >= 0.3 is 5.97 Å². The molecule has 0 aliphatic carbocycles. The van der Waals surface area contributed by atoms with Gasteiger partial charge in [0.1, 0.15) is 16.3 Å². The van der Waals surface area contributed by atoms with E-state index in [0.717, 1.165) is 32.5 Å². The molecule has 6 aromatic rings. The molecule has 4 heterocycles. The van der Waals surface area contributed by atoms with Crippen molar-refractivity contribution >= 4 is 44.6 Å². The van der Waals surface area contributed by atoms with Crippen molar-refractivity contribution in [2.24, 2.45) is 0 Å².